The number of anilines is 1. The van der Waals surface area contributed by atoms with E-state index in [4.69, 9.17) is 5.73 Å². The Balaban J connectivity index is 2.24. The Morgan fingerprint density at radius 3 is 2.24 bits per heavy atom. The number of nitrogens with two attached hydrogens (primary N) is 1. The summed E-state index contributed by atoms with van der Waals surface area (Å²) in [6.07, 6.45) is -7.37. The fourth-order valence-electron chi connectivity index (χ4n) is 3.41. The first kappa shape index (κ1) is 28.4. The van der Waals surface area contributed by atoms with Gasteiger partial charge in [0.15, 0.2) is 9.84 Å². The Labute approximate surface area is 211 Å². The number of carbonyl (C=O) groups is 2. The molecule has 0 spiro atoms. The quantitative estimate of drug-likeness (QED) is 0.432. The molecule has 2 aromatic carbocycles. The van der Waals surface area contributed by atoms with Gasteiger partial charge in [0, 0.05) is 29.1 Å². The molecule has 2 amide bonds. The number of primary amides is 1. The lowest BCUT2D eigenvalue weighted by atomic mass is 10.0. The minimum atomic E-state index is -5.09. The van der Waals surface area contributed by atoms with E-state index in [9.17, 15) is 44.3 Å². The molecule has 0 fully saturated rings. The van der Waals surface area contributed by atoms with E-state index in [2.05, 4.69) is 9.72 Å². The second-order valence-electron chi connectivity index (χ2n) is 7.81. The monoisotopic (exact) mass is 561 g/mol. The highest BCUT2D eigenvalue weighted by molar-refractivity contribution is 7.90. The average molecular weight is 561 g/mol. The van der Waals surface area contributed by atoms with Crippen molar-refractivity contribution in [1.29, 1.82) is 0 Å². The van der Waals surface area contributed by atoms with E-state index in [0.717, 1.165) is 18.5 Å². The van der Waals surface area contributed by atoms with Gasteiger partial charge in [-0.3, -0.25) is 19.5 Å². The van der Waals surface area contributed by atoms with Gasteiger partial charge in [-0.1, -0.05) is 18.2 Å². The van der Waals surface area contributed by atoms with E-state index in [-0.39, 0.29) is 16.8 Å². The Kier molecular flexibility index (Phi) is 7.72. The summed E-state index contributed by atoms with van der Waals surface area (Å²) in [6, 6.07) is 7.37. The number of alkyl halides is 6. The lowest BCUT2D eigenvalue weighted by molar-refractivity contribution is -0.274. The smallest absolute Gasteiger partial charge is 0.405 e. The number of amides is 2. The molecule has 38 heavy (non-hydrogen) atoms. The first-order valence-electron chi connectivity index (χ1n) is 10.3. The van der Waals surface area contributed by atoms with Crippen LogP contribution in [-0.4, -0.2) is 44.4 Å². The molecule has 0 aliphatic rings. The van der Waals surface area contributed by atoms with Gasteiger partial charge in [-0.25, -0.2) is 8.42 Å². The van der Waals surface area contributed by atoms with Crippen molar-refractivity contribution in [2.45, 2.75) is 17.4 Å². The van der Waals surface area contributed by atoms with Gasteiger partial charge in [0.05, 0.1) is 22.3 Å². The number of benzene rings is 2. The van der Waals surface area contributed by atoms with Gasteiger partial charge in [0.1, 0.15) is 12.3 Å². The standard InChI is InChI=1S/C23H17F6N3O5S/c1-38(35,36)15-9-13(8-14(10-15)22(24,25)26)21(34)32(12-20(30)33)18-11-31-7-6-16(18)17-4-2-3-5-19(17)37-23(27,28)29/h2-11H,12H2,1H3,(H2,30,33). The molecule has 1 aromatic heterocycles. The highest BCUT2D eigenvalue weighted by Gasteiger charge is 2.35. The maximum absolute atomic E-state index is 13.5. The number of hydrogen-bond acceptors (Lipinski definition) is 6. The number of para-hydroxylation sites is 1. The highest BCUT2D eigenvalue weighted by atomic mass is 32.2. The summed E-state index contributed by atoms with van der Waals surface area (Å²) < 4.78 is 107. The molecule has 3 rings (SSSR count). The number of pyridine rings is 1. The predicted molar refractivity (Wildman–Crippen MR) is 122 cm³/mol. The Morgan fingerprint density at radius 2 is 1.66 bits per heavy atom. The van der Waals surface area contributed by atoms with E-state index in [1.54, 1.807) is 0 Å². The van der Waals surface area contributed by atoms with Crippen LogP contribution in [-0.2, 0) is 20.8 Å². The van der Waals surface area contributed by atoms with Gasteiger partial charge >= 0.3 is 12.5 Å². The molecule has 0 atom stereocenters. The maximum atomic E-state index is 13.5. The van der Waals surface area contributed by atoms with Gasteiger partial charge in [0.25, 0.3) is 5.91 Å². The van der Waals surface area contributed by atoms with Crippen molar-refractivity contribution in [3.8, 4) is 16.9 Å². The number of rotatable bonds is 7. The van der Waals surface area contributed by atoms with Gasteiger partial charge in [-0.15, -0.1) is 13.2 Å². The molecule has 0 saturated heterocycles. The Bertz CT molecular complexity index is 1490. The van der Waals surface area contributed by atoms with E-state index in [1.807, 2.05) is 0 Å². The summed E-state index contributed by atoms with van der Waals surface area (Å²) in [5.41, 5.74) is 2.37. The Morgan fingerprint density at radius 1 is 1.00 bits per heavy atom. The third-order valence-corrected chi connectivity index (χ3v) is 6.05. The minimum absolute atomic E-state index is 0.121. The molecule has 0 saturated carbocycles. The first-order chi connectivity index (χ1) is 17.5. The van der Waals surface area contributed by atoms with Crippen LogP contribution in [0.2, 0.25) is 0 Å². The number of nitrogens with zero attached hydrogens (tertiary/aromatic N) is 2. The van der Waals surface area contributed by atoms with Gasteiger partial charge in [0.2, 0.25) is 5.91 Å². The van der Waals surface area contributed by atoms with Crippen molar-refractivity contribution in [3.05, 3.63) is 72.1 Å². The zero-order chi connectivity index (χ0) is 28.5. The van der Waals surface area contributed by atoms with Crippen molar-refractivity contribution in [2.75, 3.05) is 17.7 Å². The molecule has 0 aliphatic carbocycles. The number of hydrogen-bond donors (Lipinski definition) is 1. The summed E-state index contributed by atoms with van der Waals surface area (Å²) in [5.74, 6) is -3.12. The van der Waals surface area contributed by atoms with Crippen LogP contribution in [0.25, 0.3) is 11.1 Å². The van der Waals surface area contributed by atoms with Crippen LogP contribution in [0.5, 0.6) is 5.75 Å². The van der Waals surface area contributed by atoms with E-state index in [0.29, 0.717) is 29.4 Å². The summed E-state index contributed by atoms with van der Waals surface area (Å²) in [7, 11) is -4.23. The molecule has 8 nitrogen and oxygen atoms in total. The molecule has 0 radical (unpaired) electrons. The van der Waals surface area contributed by atoms with Crippen LogP contribution >= 0.6 is 0 Å². The van der Waals surface area contributed by atoms with E-state index < -0.39 is 62.5 Å². The highest BCUT2D eigenvalue weighted by Crippen LogP contribution is 2.39. The van der Waals surface area contributed by atoms with Crippen molar-refractivity contribution < 1.29 is 49.1 Å². The normalized spacial score (nSPS) is 12.2. The van der Waals surface area contributed by atoms with Crippen LogP contribution in [0.1, 0.15) is 15.9 Å². The molecule has 0 bridgehead atoms. The summed E-state index contributed by atoms with van der Waals surface area (Å²) in [5, 5.41) is 0. The van der Waals surface area contributed by atoms with Crippen molar-refractivity contribution in [3.63, 3.8) is 0 Å². The molecule has 15 heteroatoms. The predicted octanol–water partition coefficient (Wildman–Crippen LogP) is 4.20. The topological polar surface area (TPSA) is 120 Å². The van der Waals surface area contributed by atoms with Gasteiger partial charge in [-0.05, 0) is 30.3 Å². The van der Waals surface area contributed by atoms with Crippen molar-refractivity contribution >= 4 is 27.3 Å². The second kappa shape index (κ2) is 10.3. The van der Waals surface area contributed by atoms with Crippen LogP contribution < -0.4 is 15.4 Å². The van der Waals surface area contributed by atoms with Crippen LogP contribution in [0.3, 0.4) is 0 Å². The lowest BCUT2D eigenvalue weighted by Crippen LogP contribution is -2.39. The molecule has 0 unspecified atom stereocenters. The molecular weight excluding hydrogens is 544 g/mol. The zero-order valence-electron chi connectivity index (χ0n) is 19.2. The lowest BCUT2D eigenvalue weighted by Gasteiger charge is -2.25. The number of aromatic nitrogens is 1. The molecule has 1 heterocycles. The molecular formula is C23H17F6N3O5S. The fraction of sp³-hybridized carbons (Fsp3) is 0.174. The van der Waals surface area contributed by atoms with Gasteiger partial charge < -0.3 is 10.5 Å². The summed E-state index contributed by atoms with van der Waals surface area (Å²) in [4.78, 5) is 28.8. The third-order valence-electron chi connectivity index (χ3n) is 4.96. The molecule has 0 aliphatic heterocycles. The van der Waals surface area contributed by atoms with Crippen LogP contribution in [0, 0.1) is 0 Å². The summed E-state index contributed by atoms with van der Waals surface area (Å²) >= 11 is 0. The fourth-order valence-corrected chi connectivity index (χ4v) is 4.09. The second-order valence-corrected chi connectivity index (χ2v) is 9.83. The Hall–Kier alpha value is -4.14. The number of carbonyl (C=O) groups excluding carboxylic acids is 2. The summed E-state index contributed by atoms with van der Waals surface area (Å²) in [6.45, 7) is -0.940. The zero-order valence-corrected chi connectivity index (χ0v) is 20.0. The van der Waals surface area contributed by atoms with Crippen LogP contribution in [0.4, 0.5) is 32.0 Å². The molecule has 3 aromatic rings. The van der Waals surface area contributed by atoms with Crippen LogP contribution in [0.15, 0.2) is 65.8 Å². The maximum Gasteiger partial charge on any atom is 0.573 e. The largest absolute Gasteiger partial charge is 0.573 e. The number of sulfone groups is 1. The number of halogens is 6. The number of ether oxygens (including phenoxy) is 1. The first-order valence-corrected chi connectivity index (χ1v) is 12.2. The SMILES string of the molecule is CS(=O)(=O)c1cc(C(=O)N(CC(N)=O)c2cnccc2-c2ccccc2OC(F)(F)F)cc(C(F)(F)F)c1. The van der Waals surface area contributed by atoms with Gasteiger partial charge in [-0.2, -0.15) is 13.2 Å². The average Bonchev–Trinajstić information content (AvgIpc) is 2.80. The minimum Gasteiger partial charge on any atom is -0.405 e. The van der Waals surface area contributed by atoms with Crippen molar-refractivity contribution in [2.24, 2.45) is 5.73 Å². The van der Waals surface area contributed by atoms with E-state index >= 15 is 0 Å². The molecule has 2 N–H and O–H groups in total. The third kappa shape index (κ3) is 6.79. The van der Waals surface area contributed by atoms with E-state index in [1.165, 1.54) is 24.3 Å². The molecule has 202 valence electrons. The van der Waals surface area contributed by atoms with Crippen molar-refractivity contribution in [1.82, 2.24) is 4.98 Å².